The third-order valence-electron chi connectivity index (χ3n) is 4.48. The maximum absolute atomic E-state index is 12.2. The number of carbonyl (C=O) groups excluding carboxylic acids is 1. The first kappa shape index (κ1) is 14.4. The van der Waals surface area contributed by atoms with E-state index in [4.69, 9.17) is 9.47 Å². The third-order valence-corrected chi connectivity index (χ3v) is 4.48. The van der Waals surface area contributed by atoms with Gasteiger partial charge in [-0.25, -0.2) is 0 Å². The van der Waals surface area contributed by atoms with E-state index in [9.17, 15) is 4.79 Å². The molecule has 1 aromatic carbocycles. The van der Waals surface area contributed by atoms with Gasteiger partial charge in [-0.15, -0.1) is 0 Å². The number of benzene rings is 1. The van der Waals surface area contributed by atoms with Crippen LogP contribution < -0.4 is 10.1 Å². The van der Waals surface area contributed by atoms with Gasteiger partial charge in [-0.1, -0.05) is 25.0 Å². The summed E-state index contributed by atoms with van der Waals surface area (Å²) in [5.41, 5.74) is 1.23. The van der Waals surface area contributed by atoms with E-state index in [2.05, 4.69) is 17.4 Å². The van der Waals surface area contributed by atoms with Crippen LogP contribution >= 0.6 is 0 Å². The van der Waals surface area contributed by atoms with E-state index in [0.717, 1.165) is 25.0 Å². The molecule has 0 radical (unpaired) electrons. The van der Waals surface area contributed by atoms with Crippen LogP contribution in [0.25, 0.3) is 0 Å². The fourth-order valence-electron chi connectivity index (χ4n) is 3.17. The van der Waals surface area contributed by atoms with Gasteiger partial charge in [-0.3, -0.25) is 4.79 Å². The summed E-state index contributed by atoms with van der Waals surface area (Å²) in [5.74, 6) is 1.58. The number of rotatable bonds is 6. The molecular formula is C17H23NO3. The summed E-state index contributed by atoms with van der Waals surface area (Å²) in [5, 5.41) is 3.20. The van der Waals surface area contributed by atoms with Crippen molar-refractivity contribution in [1.29, 1.82) is 0 Å². The topological polar surface area (TPSA) is 47.6 Å². The molecule has 1 N–H and O–H groups in total. The second-order valence-corrected chi connectivity index (χ2v) is 6.06. The van der Waals surface area contributed by atoms with Crippen molar-refractivity contribution in [3.63, 3.8) is 0 Å². The SMILES string of the molecule is COCOc1ccc(C2CC2C(=O)NC2CCCC2)cc1. The quantitative estimate of drug-likeness (QED) is 0.819. The minimum Gasteiger partial charge on any atom is -0.468 e. The van der Waals surface area contributed by atoms with Crippen LogP contribution in [-0.2, 0) is 9.53 Å². The van der Waals surface area contributed by atoms with Crippen molar-refractivity contribution < 1.29 is 14.3 Å². The number of methoxy groups -OCH3 is 1. The van der Waals surface area contributed by atoms with Crippen molar-refractivity contribution in [2.75, 3.05) is 13.9 Å². The summed E-state index contributed by atoms with van der Waals surface area (Å²) in [4.78, 5) is 12.2. The lowest BCUT2D eigenvalue weighted by atomic mass is 10.1. The predicted octanol–water partition coefficient (Wildman–Crippen LogP) is 2.83. The second kappa shape index (κ2) is 6.48. The highest BCUT2D eigenvalue weighted by Gasteiger charge is 2.44. The Hall–Kier alpha value is -1.55. The van der Waals surface area contributed by atoms with Gasteiger partial charge in [-0.2, -0.15) is 0 Å². The third kappa shape index (κ3) is 3.56. The van der Waals surface area contributed by atoms with Gasteiger partial charge in [0.1, 0.15) is 5.75 Å². The van der Waals surface area contributed by atoms with Crippen LogP contribution in [0.5, 0.6) is 5.75 Å². The van der Waals surface area contributed by atoms with E-state index in [0.29, 0.717) is 12.0 Å². The predicted molar refractivity (Wildman–Crippen MR) is 80.2 cm³/mol. The number of nitrogens with one attached hydrogen (secondary N) is 1. The summed E-state index contributed by atoms with van der Waals surface area (Å²) in [6.45, 7) is 0.259. The Morgan fingerprint density at radius 1 is 1.24 bits per heavy atom. The minimum absolute atomic E-state index is 0.163. The maximum Gasteiger partial charge on any atom is 0.223 e. The molecule has 0 saturated heterocycles. The minimum atomic E-state index is 0.163. The van der Waals surface area contributed by atoms with Crippen molar-refractivity contribution in [2.45, 2.75) is 44.1 Å². The van der Waals surface area contributed by atoms with Crippen molar-refractivity contribution in [1.82, 2.24) is 5.32 Å². The van der Waals surface area contributed by atoms with Gasteiger partial charge < -0.3 is 14.8 Å². The Bertz CT molecular complexity index is 479. The van der Waals surface area contributed by atoms with Crippen LogP contribution in [0.2, 0.25) is 0 Å². The van der Waals surface area contributed by atoms with E-state index in [-0.39, 0.29) is 18.6 Å². The molecule has 21 heavy (non-hydrogen) atoms. The molecule has 4 nitrogen and oxygen atoms in total. The van der Waals surface area contributed by atoms with Crippen LogP contribution in [0.15, 0.2) is 24.3 Å². The van der Waals surface area contributed by atoms with Gasteiger partial charge in [0.15, 0.2) is 6.79 Å². The Labute approximate surface area is 125 Å². The average Bonchev–Trinajstić information content (AvgIpc) is 3.16. The Balaban J connectivity index is 1.50. The molecule has 0 heterocycles. The van der Waals surface area contributed by atoms with Crippen molar-refractivity contribution in [2.24, 2.45) is 5.92 Å². The molecule has 2 saturated carbocycles. The van der Waals surface area contributed by atoms with E-state index >= 15 is 0 Å². The highest BCUT2D eigenvalue weighted by molar-refractivity contribution is 5.83. The Morgan fingerprint density at radius 2 is 1.95 bits per heavy atom. The molecule has 3 rings (SSSR count). The first-order valence-corrected chi connectivity index (χ1v) is 7.80. The first-order chi connectivity index (χ1) is 10.3. The van der Waals surface area contributed by atoms with Gasteiger partial charge >= 0.3 is 0 Å². The zero-order chi connectivity index (χ0) is 14.7. The van der Waals surface area contributed by atoms with E-state index < -0.39 is 0 Å². The second-order valence-electron chi connectivity index (χ2n) is 6.06. The molecule has 2 unspecified atom stereocenters. The van der Waals surface area contributed by atoms with Crippen LogP contribution in [0.4, 0.5) is 0 Å². The summed E-state index contributed by atoms with van der Waals surface area (Å²) in [6.07, 6.45) is 5.77. The number of ether oxygens (including phenoxy) is 2. The van der Waals surface area contributed by atoms with Crippen LogP contribution in [0.3, 0.4) is 0 Å². The average molecular weight is 289 g/mol. The van der Waals surface area contributed by atoms with Crippen LogP contribution in [0.1, 0.15) is 43.6 Å². The maximum atomic E-state index is 12.2. The summed E-state index contributed by atoms with van der Waals surface area (Å²) in [7, 11) is 1.60. The lowest BCUT2D eigenvalue weighted by molar-refractivity contribution is -0.123. The lowest BCUT2D eigenvalue weighted by Crippen LogP contribution is -2.34. The molecule has 2 atom stereocenters. The molecule has 114 valence electrons. The van der Waals surface area contributed by atoms with Crippen molar-refractivity contribution in [3.8, 4) is 5.75 Å². The first-order valence-electron chi connectivity index (χ1n) is 7.80. The summed E-state index contributed by atoms with van der Waals surface area (Å²) >= 11 is 0. The monoisotopic (exact) mass is 289 g/mol. The smallest absolute Gasteiger partial charge is 0.223 e. The van der Waals surface area contributed by atoms with E-state index in [1.54, 1.807) is 7.11 Å². The normalized spacial score (nSPS) is 24.8. The molecule has 2 aliphatic carbocycles. The fraction of sp³-hybridized carbons (Fsp3) is 0.588. The molecule has 0 bridgehead atoms. The zero-order valence-corrected chi connectivity index (χ0v) is 12.5. The molecule has 4 heteroatoms. The van der Waals surface area contributed by atoms with Gasteiger partial charge in [0.25, 0.3) is 0 Å². The molecule has 2 fully saturated rings. The molecule has 1 amide bonds. The van der Waals surface area contributed by atoms with Crippen LogP contribution in [-0.4, -0.2) is 25.9 Å². The lowest BCUT2D eigenvalue weighted by Gasteiger charge is -2.11. The fourth-order valence-corrected chi connectivity index (χ4v) is 3.17. The molecule has 0 aromatic heterocycles. The summed E-state index contributed by atoms with van der Waals surface area (Å²) < 4.78 is 10.2. The highest BCUT2D eigenvalue weighted by atomic mass is 16.7. The number of amides is 1. The molecule has 0 aliphatic heterocycles. The standard InChI is InChI=1S/C17H23NO3/c1-20-11-21-14-8-6-12(7-9-14)15-10-16(15)17(19)18-13-4-2-3-5-13/h6-9,13,15-16H,2-5,10-11H2,1H3,(H,18,19). The number of hydrogen-bond donors (Lipinski definition) is 1. The molecule has 2 aliphatic rings. The summed E-state index contributed by atoms with van der Waals surface area (Å²) in [6, 6.07) is 8.41. The number of hydrogen-bond acceptors (Lipinski definition) is 3. The molecular weight excluding hydrogens is 266 g/mol. The Morgan fingerprint density at radius 3 is 2.62 bits per heavy atom. The highest BCUT2D eigenvalue weighted by Crippen LogP contribution is 2.48. The molecule has 0 spiro atoms. The van der Waals surface area contributed by atoms with Crippen molar-refractivity contribution in [3.05, 3.63) is 29.8 Å². The van der Waals surface area contributed by atoms with E-state index in [1.807, 2.05) is 12.1 Å². The largest absolute Gasteiger partial charge is 0.468 e. The van der Waals surface area contributed by atoms with Crippen LogP contribution in [0, 0.1) is 5.92 Å². The van der Waals surface area contributed by atoms with Crippen molar-refractivity contribution >= 4 is 5.91 Å². The van der Waals surface area contributed by atoms with Gasteiger partial charge in [-0.05, 0) is 42.9 Å². The van der Waals surface area contributed by atoms with Gasteiger partial charge in [0.05, 0.1) is 0 Å². The Kier molecular flexibility index (Phi) is 4.44. The number of carbonyl (C=O) groups is 1. The van der Waals surface area contributed by atoms with Gasteiger partial charge in [0.2, 0.25) is 5.91 Å². The van der Waals surface area contributed by atoms with E-state index in [1.165, 1.54) is 18.4 Å². The molecule has 1 aromatic rings. The zero-order valence-electron chi connectivity index (χ0n) is 12.5. The van der Waals surface area contributed by atoms with Gasteiger partial charge in [0, 0.05) is 19.1 Å².